The van der Waals surface area contributed by atoms with E-state index in [2.05, 4.69) is 30.3 Å². The highest BCUT2D eigenvalue weighted by Gasteiger charge is 2.64. The van der Waals surface area contributed by atoms with Gasteiger partial charge in [0.25, 0.3) is 0 Å². The highest BCUT2D eigenvalue weighted by Crippen LogP contribution is 2.54. The molecule has 1 saturated carbocycles. The van der Waals surface area contributed by atoms with Crippen molar-refractivity contribution in [2.75, 3.05) is 13.2 Å². The van der Waals surface area contributed by atoms with Gasteiger partial charge in [-0.1, -0.05) is 60.7 Å². The van der Waals surface area contributed by atoms with E-state index >= 15 is 0 Å². The summed E-state index contributed by atoms with van der Waals surface area (Å²) in [5.41, 5.74) is 2.43. The van der Waals surface area contributed by atoms with E-state index in [1.54, 1.807) is 0 Å². The molecular formula is C26H30O6. The minimum absolute atomic E-state index is 0.185. The molecule has 6 heteroatoms. The average molecular weight is 439 g/mol. The Labute approximate surface area is 188 Å². The largest absolute Gasteiger partial charge is 0.365 e. The Kier molecular flexibility index (Phi) is 5.13. The smallest absolute Gasteiger partial charge is 0.224 e. The van der Waals surface area contributed by atoms with Gasteiger partial charge in [0.2, 0.25) is 5.79 Å². The molecule has 4 fully saturated rings. The van der Waals surface area contributed by atoms with Gasteiger partial charge in [0.15, 0.2) is 12.1 Å². The van der Waals surface area contributed by atoms with Crippen molar-refractivity contribution in [3.8, 4) is 0 Å². The Morgan fingerprint density at radius 1 is 0.938 bits per heavy atom. The van der Waals surface area contributed by atoms with E-state index in [1.165, 1.54) is 5.56 Å². The maximum Gasteiger partial charge on any atom is 0.224 e. The summed E-state index contributed by atoms with van der Waals surface area (Å²) >= 11 is 0. The van der Waals surface area contributed by atoms with Crippen LogP contribution >= 0.6 is 0 Å². The summed E-state index contributed by atoms with van der Waals surface area (Å²) in [5, 5.41) is 0. The average Bonchev–Trinajstić information content (AvgIpc) is 3.39. The first kappa shape index (κ1) is 20.8. The van der Waals surface area contributed by atoms with E-state index in [1.807, 2.05) is 44.2 Å². The van der Waals surface area contributed by atoms with E-state index in [0.717, 1.165) is 12.0 Å². The third kappa shape index (κ3) is 3.79. The highest BCUT2D eigenvalue weighted by atomic mass is 16.9. The van der Waals surface area contributed by atoms with Crippen LogP contribution in [0.2, 0.25) is 0 Å². The molecular weight excluding hydrogens is 408 g/mol. The van der Waals surface area contributed by atoms with E-state index in [9.17, 15) is 0 Å². The van der Waals surface area contributed by atoms with Crippen LogP contribution in [-0.2, 0) is 35.0 Å². The van der Waals surface area contributed by atoms with Gasteiger partial charge in [-0.25, -0.2) is 0 Å². The van der Waals surface area contributed by atoms with Crippen LogP contribution in [0, 0.1) is 5.92 Å². The minimum Gasteiger partial charge on any atom is -0.365 e. The van der Waals surface area contributed by atoms with Crippen LogP contribution in [0.5, 0.6) is 0 Å². The Morgan fingerprint density at radius 2 is 1.69 bits per heavy atom. The molecule has 1 spiro atoms. The van der Waals surface area contributed by atoms with E-state index < -0.39 is 17.7 Å². The molecule has 1 aliphatic carbocycles. The predicted molar refractivity (Wildman–Crippen MR) is 116 cm³/mol. The number of rotatable bonds is 5. The predicted octanol–water partition coefficient (Wildman–Crippen LogP) is 4.00. The van der Waals surface area contributed by atoms with Crippen LogP contribution in [0.25, 0.3) is 0 Å². The van der Waals surface area contributed by atoms with Gasteiger partial charge in [-0.05, 0) is 37.3 Å². The van der Waals surface area contributed by atoms with Crippen molar-refractivity contribution in [3.63, 3.8) is 0 Å². The van der Waals surface area contributed by atoms with Crippen LogP contribution in [0.4, 0.5) is 0 Å². The van der Waals surface area contributed by atoms with Gasteiger partial charge in [-0.3, -0.25) is 0 Å². The summed E-state index contributed by atoms with van der Waals surface area (Å²) in [4.78, 5) is 0. The van der Waals surface area contributed by atoms with E-state index in [0.29, 0.717) is 31.7 Å². The molecule has 0 radical (unpaired) electrons. The third-order valence-electron chi connectivity index (χ3n) is 6.92. The molecule has 170 valence electrons. The van der Waals surface area contributed by atoms with Gasteiger partial charge in [-0.15, -0.1) is 0 Å². The first-order chi connectivity index (χ1) is 15.5. The lowest BCUT2D eigenvalue weighted by Crippen LogP contribution is -2.62. The van der Waals surface area contributed by atoms with Crippen molar-refractivity contribution in [2.45, 2.75) is 69.0 Å². The second-order valence-corrected chi connectivity index (χ2v) is 9.69. The quantitative estimate of drug-likeness (QED) is 0.704. The maximum absolute atomic E-state index is 6.53. The van der Waals surface area contributed by atoms with Gasteiger partial charge in [0.05, 0.1) is 13.2 Å². The summed E-state index contributed by atoms with van der Waals surface area (Å²) in [5.74, 6) is -0.912. The summed E-state index contributed by atoms with van der Waals surface area (Å²) in [6.07, 6.45) is -0.0977. The van der Waals surface area contributed by atoms with Gasteiger partial charge >= 0.3 is 0 Å². The molecule has 0 unspecified atom stereocenters. The Hall–Kier alpha value is -1.80. The lowest BCUT2D eigenvalue weighted by atomic mass is 9.97. The Bertz CT molecular complexity index is 934. The van der Waals surface area contributed by atoms with Gasteiger partial charge in [0.1, 0.15) is 24.9 Å². The fourth-order valence-electron chi connectivity index (χ4n) is 5.22. The zero-order valence-corrected chi connectivity index (χ0v) is 18.5. The number of benzene rings is 2. The standard InChI is InChI=1S/C26H30O6/c1-25(2)29-16-26(32-25)23(27-14-17-9-5-3-6-10-17)22-21(15-28-26)30-24(31-22)20-13-19(20)18-11-7-4-8-12-18/h3-12,19-24H,13-16H2,1-2H3/t19-,20-,21-,22-,23+,24-,26+/m1/s1. The zero-order valence-electron chi connectivity index (χ0n) is 18.5. The molecule has 2 aromatic carbocycles. The van der Waals surface area contributed by atoms with Crippen molar-refractivity contribution in [2.24, 2.45) is 5.92 Å². The molecule has 0 amide bonds. The van der Waals surface area contributed by atoms with Crippen LogP contribution in [0.1, 0.15) is 37.3 Å². The van der Waals surface area contributed by atoms with Crippen LogP contribution in [0.15, 0.2) is 60.7 Å². The van der Waals surface area contributed by atoms with Crippen molar-refractivity contribution in [1.29, 1.82) is 0 Å². The second kappa shape index (κ2) is 7.90. The lowest BCUT2D eigenvalue weighted by Gasteiger charge is -2.43. The normalized spacial score (nSPS) is 39.8. The molecule has 32 heavy (non-hydrogen) atoms. The maximum atomic E-state index is 6.53. The van der Waals surface area contributed by atoms with Crippen LogP contribution in [0.3, 0.4) is 0 Å². The lowest BCUT2D eigenvalue weighted by molar-refractivity contribution is -0.336. The highest BCUT2D eigenvalue weighted by molar-refractivity contribution is 5.26. The molecule has 4 aliphatic rings. The molecule has 6 rings (SSSR count). The minimum atomic E-state index is -1.000. The summed E-state index contributed by atoms with van der Waals surface area (Å²) in [6, 6.07) is 20.7. The van der Waals surface area contributed by atoms with Crippen molar-refractivity contribution in [1.82, 2.24) is 0 Å². The van der Waals surface area contributed by atoms with Crippen molar-refractivity contribution in [3.05, 3.63) is 71.8 Å². The molecule has 3 saturated heterocycles. The third-order valence-corrected chi connectivity index (χ3v) is 6.92. The fraction of sp³-hybridized carbons (Fsp3) is 0.538. The van der Waals surface area contributed by atoms with Crippen LogP contribution < -0.4 is 0 Å². The topological polar surface area (TPSA) is 55.4 Å². The molecule has 6 nitrogen and oxygen atoms in total. The molecule has 7 atom stereocenters. The molecule has 0 aromatic heterocycles. The van der Waals surface area contributed by atoms with Gasteiger partial charge in [-0.2, -0.15) is 0 Å². The molecule has 2 aromatic rings. The second-order valence-electron chi connectivity index (χ2n) is 9.69. The Balaban J connectivity index is 1.21. The van der Waals surface area contributed by atoms with E-state index in [4.69, 9.17) is 28.4 Å². The Morgan fingerprint density at radius 3 is 2.41 bits per heavy atom. The monoisotopic (exact) mass is 438 g/mol. The van der Waals surface area contributed by atoms with Gasteiger partial charge in [0, 0.05) is 5.92 Å². The number of hydrogen-bond acceptors (Lipinski definition) is 6. The molecule has 3 aliphatic heterocycles. The zero-order chi connectivity index (χ0) is 21.8. The number of hydrogen-bond donors (Lipinski definition) is 0. The number of fused-ring (bicyclic) bond motifs is 1. The summed E-state index contributed by atoms with van der Waals surface area (Å²) in [6.45, 7) is 4.93. The van der Waals surface area contributed by atoms with E-state index in [-0.39, 0.29) is 18.5 Å². The SMILES string of the molecule is CC1(C)OC[C@]2(OC[C@H]3O[C@@H]([C@@H]4C[C@@H]4c4ccccc4)O[C@H]3[C@@H]2OCc2ccccc2)O1. The molecule has 3 heterocycles. The molecule has 0 N–H and O–H groups in total. The number of ether oxygens (including phenoxy) is 6. The van der Waals surface area contributed by atoms with Gasteiger partial charge < -0.3 is 28.4 Å². The van der Waals surface area contributed by atoms with Crippen LogP contribution in [-0.4, -0.2) is 49.4 Å². The van der Waals surface area contributed by atoms with Crippen molar-refractivity contribution >= 4 is 0 Å². The van der Waals surface area contributed by atoms with Crippen molar-refractivity contribution < 1.29 is 28.4 Å². The summed E-state index contributed by atoms with van der Waals surface area (Å²) in [7, 11) is 0. The fourth-order valence-corrected chi connectivity index (χ4v) is 5.22. The first-order valence-corrected chi connectivity index (χ1v) is 11.5. The first-order valence-electron chi connectivity index (χ1n) is 11.5. The summed E-state index contributed by atoms with van der Waals surface area (Å²) < 4.78 is 37.8. The molecule has 0 bridgehead atoms.